The molecule has 2 aliphatic heterocycles. The number of likely N-dealkylation sites (N-methyl/N-ethyl adjacent to an activating group) is 1. The fraction of sp³-hybridized carbons (Fsp3) is 0.481. The largest absolute Gasteiger partial charge is 0.356 e. The molecule has 0 aliphatic carbocycles. The van der Waals surface area contributed by atoms with Crippen LogP contribution in [0.1, 0.15) is 35.6 Å². The average Bonchev–Trinajstić information content (AvgIpc) is 3.19. The summed E-state index contributed by atoms with van der Waals surface area (Å²) >= 11 is 0. The summed E-state index contributed by atoms with van der Waals surface area (Å²) < 4.78 is 0. The Bertz CT molecular complexity index is 931. The standard InChI is InChI=1S/C27H36N4O2/c1-21-9-11-22(12-10-21)18-31-19-24(17-26(31)32)27(33)28-13-6-14-30-16-15-29(2)20-25(30)23-7-4-3-5-8-23/h3-5,7-12,24-25H,6,13-20H2,1-2H3,(H,28,33)/t24-,25-/m1/s1. The van der Waals surface area contributed by atoms with Crippen LogP contribution < -0.4 is 5.32 Å². The number of nitrogens with one attached hydrogen (secondary N) is 1. The molecule has 2 saturated heterocycles. The molecule has 2 heterocycles. The van der Waals surface area contributed by atoms with Gasteiger partial charge in [0.15, 0.2) is 0 Å². The van der Waals surface area contributed by atoms with Crippen molar-refractivity contribution in [2.45, 2.75) is 32.4 Å². The quantitative estimate of drug-likeness (QED) is 0.631. The minimum absolute atomic E-state index is 0.00717. The van der Waals surface area contributed by atoms with E-state index >= 15 is 0 Å². The van der Waals surface area contributed by atoms with Crippen LogP contribution in [0.4, 0.5) is 0 Å². The minimum Gasteiger partial charge on any atom is -0.356 e. The summed E-state index contributed by atoms with van der Waals surface area (Å²) in [5.41, 5.74) is 3.66. The number of piperazine rings is 1. The number of rotatable bonds is 8. The van der Waals surface area contributed by atoms with Gasteiger partial charge < -0.3 is 15.1 Å². The molecule has 176 valence electrons. The van der Waals surface area contributed by atoms with Crippen LogP contribution in [0, 0.1) is 12.8 Å². The highest BCUT2D eigenvalue weighted by atomic mass is 16.2. The fourth-order valence-corrected chi connectivity index (χ4v) is 4.87. The van der Waals surface area contributed by atoms with Gasteiger partial charge in [0.1, 0.15) is 0 Å². The molecular weight excluding hydrogens is 412 g/mol. The summed E-state index contributed by atoms with van der Waals surface area (Å²) in [5, 5.41) is 3.09. The lowest BCUT2D eigenvalue weighted by Gasteiger charge is -2.40. The van der Waals surface area contributed by atoms with E-state index in [4.69, 9.17) is 0 Å². The zero-order valence-electron chi connectivity index (χ0n) is 19.9. The second-order valence-corrected chi connectivity index (χ2v) is 9.53. The highest BCUT2D eigenvalue weighted by Crippen LogP contribution is 2.25. The van der Waals surface area contributed by atoms with Crippen LogP contribution in [0.2, 0.25) is 0 Å². The maximum atomic E-state index is 12.7. The molecule has 33 heavy (non-hydrogen) atoms. The van der Waals surface area contributed by atoms with Crippen molar-refractivity contribution in [3.05, 3.63) is 71.3 Å². The van der Waals surface area contributed by atoms with Gasteiger partial charge in [-0.05, 0) is 31.5 Å². The Morgan fingerprint density at radius 3 is 2.55 bits per heavy atom. The van der Waals surface area contributed by atoms with E-state index in [-0.39, 0.29) is 17.7 Å². The van der Waals surface area contributed by atoms with Crippen molar-refractivity contribution in [2.75, 3.05) is 46.3 Å². The Morgan fingerprint density at radius 2 is 1.79 bits per heavy atom. The van der Waals surface area contributed by atoms with Crippen LogP contribution in [0.25, 0.3) is 0 Å². The third kappa shape index (κ3) is 6.21. The monoisotopic (exact) mass is 448 g/mol. The normalized spacial score (nSPS) is 22.0. The summed E-state index contributed by atoms with van der Waals surface area (Å²) in [7, 11) is 2.18. The molecule has 0 radical (unpaired) electrons. The van der Waals surface area contributed by atoms with E-state index in [9.17, 15) is 9.59 Å². The van der Waals surface area contributed by atoms with Gasteiger partial charge in [-0.3, -0.25) is 14.5 Å². The van der Waals surface area contributed by atoms with Gasteiger partial charge in [0, 0.05) is 58.3 Å². The van der Waals surface area contributed by atoms with Crippen LogP contribution in [0.15, 0.2) is 54.6 Å². The molecule has 4 rings (SSSR count). The molecule has 0 spiro atoms. The van der Waals surface area contributed by atoms with Crippen molar-refractivity contribution in [3.8, 4) is 0 Å². The minimum atomic E-state index is -0.247. The zero-order chi connectivity index (χ0) is 23.2. The molecule has 1 N–H and O–H groups in total. The Hall–Kier alpha value is -2.70. The predicted molar refractivity (Wildman–Crippen MR) is 131 cm³/mol. The number of aryl methyl sites for hydroxylation is 1. The Morgan fingerprint density at radius 1 is 1.03 bits per heavy atom. The summed E-state index contributed by atoms with van der Waals surface area (Å²) in [6.45, 7) is 7.87. The van der Waals surface area contributed by atoms with Crippen molar-refractivity contribution in [2.24, 2.45) is 5.92 Å². The average molecular weight is 449 g/mol. The molecule has 2 aromatic carbocycles. The summed E-state index contributed by atoms with van der Waals surface area (Å²) in [6.07, 6.45) is 1.22. The molecule has 0 aromatic heterocycles. The van der Waals surface area contributed by atoms with Gasteiger partial charge in [0.25, 0.3) is 0 Å². The van der Waals surface area contributed by atoms with E-state index in [0.717, 1.165) is 38.2 Å². The van der Waals surface area contributed by atoms with Crippen molar-refractivity contribution < 1.29 is 9.59 Å². The SMILES string of the molecule is Cc1ccc(CN2C[C@H](C(=O)NCCCN3CCN(C)C[C@@H]3c3ccccc3)CC2=O)cc1. The Balaban J connectivity index is 1.22. The fourth-order valence-electron chi connectivity index (χ4n) is 4.87. The predicted octanol–water partition coefficient (Wildman–Crippen LogP) is 2.84. The van der Waals surface area contributed by atoms with E-state index in [1.165, 1.54) is 11.1 Å². The van der Waals surface area contributed by atoms with Gasteiger partial charge >= 0.3 is 0 Å². The summed E-state index contributed by atoms with van der Waals surface area (Å²) in [6, 6.07) is 19.3. The van der Waals surface area contributed by atoms with Crippen molar-refractivity contribution in [3.63, 3.8) is 0 Å². The number of benzene rings is 2. The first-order valence-corrected chi connectivity index (χ1v) is 12.1. The molecule has 2 fully saturated rings. The van der Waals surface area contributed by atoms with Gasteiger partial charge in [-0.2, -0.15) is 0 Å². The molecule has 2 atom stereocenters. The molecule has 2 amide bonds. The number of carbonyl (C=O) groups is 2. The third-order valence-electron chi connectivity index (χ3n) is 6.88. The second kappa shape index (κ2) is 10.9. The summed E-state index contributed by atoms with van der Waals surface area (Å²) in [5.74, 6) is -0.171. The van der Waals surface area contributed by atoms with Gasteiger partial charge in [-0.15, -0.1) is 0 Å². The number of hydrogen-bond acceptors (Lipinski definition) is 4. The molecule has 0 saturated carbocycles. The van der Waals surface area contributed by atoms with Crippen molar-refractivity contribution in [1.82, 2.24) is 20.0 Å². The van der Waals surface area contributed by atoms with E-state index in [1.54, 1.807) is 0 Å². The van der Waals surface area contributed by atoms with Crippen LogP contribution in [0.3, 0.4) is 0 Å². The lowest BCUT2D eigenvalue weighted by Crippen LogP contribution is -2.47. The molecule has 2 aromatic rings. The number of hydrogen-bond donors (Lipinski definition) is 1. The first-order chi connectivity index (χ1) is 16.0. The highest BCUT2D eigenvalue weighted by Gasteiger charge is 2.34. The maximum absolute atomic E-state index is 12.7. The van der Waals surface area contributed by atoms with Crippen molar-refractivity contribution in [1.29, 1.82) is 0 Å². The maximum Gasteiger partial charge on any atom is 0.225 e. The third-order valence-corrected chi connectivity index (χ3v) is 6.88. The van der Waals surface area contributed by atoms with E-state index in [1.807, 2.05) is 4.90 Å². The summed E-state index contributed by atoms with van der Waals surface area (Å²) in [4.78, 5) is 31.9. The zero-order valence-corrected chi connectivity index (χ0v) is 19.9. The number of carbonyl (C=O) groups excluding carboxylic acids is 2. The molecule has 6 nitrogen and oxygen atoms in total. The van der Waals surface area contributed by atoms with Gasteiger partial charge in [0.2, 0.25) is 11.8 Å². The first-order valence-electron chi connectivity index (χ1n) is 12.1. The molecule has 0 bridgehead atoms. The molecule has 6 heteroatoms. The number of amides is 2. The van der Waals surface area contributed by atoms with Crippen LogP contribution in [-0.4, -0.2) is 72.8 Å². The smallest absolute Gasteiger partial charge is 0.225 e. The van der Waals surface area contributed by atoms with Crippen LogP contribution >= 0.6 is 0 Å². The van der Waals surface area contributed by atoms with Crippen LogP contribution in [0.5, 0.6) is 0 Å². The second-order valence-electron chi connectivity index (χ2n) is 9.53. The Labute approximate surface area is 197 Å². The molecule has 2 aliphatic rings. The molecule has 0 unspecified atom stereocenters. The van der Waals surface area contributed by atoms with Gasteiger partial charge in [-0.25, -0.2) is 0 Å². The van der Waals surface area contributed by atoms with E-state index in [2.05, 4.69) is 83.7 Å². The van der Waals surface area contributed by atoms with E-state index in [0.29, 0.717) is 32.1 Å². The van der Waals surface area contributed by atoms with Gasteiger partial charge in [-0.1, -0.05) is 60.2 Å². The lowest BCUT2D eigenvalue weighted by atomic mass is 10.0. The van der Waals surface area contributed by atoms with Gasteiger partial charge in [0.05, 0.1) is 5.92 Å². The van der Waals surface area contributed by atoms with Crippen LogP contribution in [-0.2, 0) is 16.1 Å². The van der Waals surface area contributed by atoms with Crippen molar-refractivity contribution >= 4 is 11.8 Å². The number of likely N-dealkylation sites (tertiary alicyclic amines) is 1. The number of nitrogens with zero attached hydrogens (tertiary/aromatic N) is 3. The lowest BCUT2D eigenvalue weighted by molar-refractivity contribution is -0.129. The van der Waals surface area contributed by atoms with E-state index < -0.39 is 0 Å². The highest BCUT2D eigenvalue weighted by molar-refractivity contribution is 5.89. The Kier molecular flexibility index (Phi) is 7.78. The first kappa shape index (κ1) is 23.5. The topological polar surface area (TPSA) is 55.9 Å². The molecular formula is C27H36N4O2.